The van der Waals surface area contributed by atoms with Crippen LogP contribution >= 0.6 is 0 Å². The first kappa shape index (κ1) is 17.1. The summed E-state index contributed by atoms with van der Waals surface area (Å²) >= 11 is 0. The van der Waals surface area contributed by atoms with E-state index in [1.807, 2.05) is 13.0 Å². The molecule has 2 aliphatic rings. The van der Waals surface area contributed by atoms with E-state index >= 15 is 0 Å². The summed E-state index contributed by atoms with van der Waals surface area (Å²) < 4.78 is 0. The molecule has 4 atom stereocenters. The topological polar surface area (TPSA) is 37.3 Å². The molecule has 2 saturated carbocycles. The zero-order chi connectivity index (χ0) is 16.5. The third-order valence-electron chi connectivity index (χ3n) is 6.51. The van der Waals surface area contributed by atoms with Crippen LogP contribution in [0.5, 0.6) is 0 Å². The zero-order valence-corrected chi connectivity index (χ0v) is 14.3. The second-order valence-corrected chi connectivity index (χ2v) is 7.77. The quantitative estimate of drug-likeness (QED) is 0.559. The summed E-state index contributed by atoms with van der Waals surface area (Å²) in [4.78, 5) is 11.9. The monoisotopic (exact) mass is 302 g/mol. The molecule has 0 unspecified atom stereocenters. The Morgan fingerprint density at radius 1 is 1.41 bits per heavy atom. The molecule has 0 bridgehead atoms. The predicted octanol–water partition coefficient (Wildman–Crippen LogP) is 5.37. The van der Waals surface area contributed by atoms with Crippen LogP contribution in [0.3, 0.4) is 0 Å². The van der Waals surface area contributed by atoms with E-state index in [0.29, 0.717) is 5.92 Å². The largest absolute Gasteiger partial charge is 0.481 e. The summed E-state index contributed by atoms with van der Waals surface area (Å²) in [5.41, 5.74) is 1.97. The second kappa shape index (κ2) is 6.06. The van der Waals surface area contributed by atoms with Gasteiger partial charge in [-0.1, -0.05) is 49.8 Å². The Hall–Kier alpha value is -1.31. The molecule has 0 spiro atoms. The molecule has 2 fully saturated rings. The van der Waals surface area contributed by atoms with Crippen molar-refractivity contribution >= 4 is 5.97 Å². The average Bonchev–Trinajstić information content (AvgIpc) is 2.45. The minimum atomic E-state index is -0.618. The minimum absolute atomic E-state index is 0.0542. The third kappa shape index (κ3) is 2.68. The van der Waals surface area contributed by atoms with Crippen LogP contribution in [0.1, 0.15) is 59.3 Å². The summed E-state index contributed by atoms with van der Waals surface area (Å²) in [5, 5.41) is 9.81. The first-order chi connectivity index (χ1) is 10.3. The number of carboxylic acid groups (broad SMARTS) is 1. The van der Waals surface area contributed by atoms with Gasteiger partial charge >= 0.3 is 5.97 Å². The van der Waals surface area contributed by atoms with E-state index in [9.17, 15) is 9.90 Å². The van der Waals surface area contributed by atoms with Gasteiger partial charge in [0, 0.05) is 0 Å². The van der Waals surface area contributed by atoms with Gasteiger partial charge in [-0.2, -0.15) is 0 Å². The van der Waals surface area contributed by atoms with E-state index in [4.69, 9.17) is 0 Å². The molecule has 0 amide bonds. The van der Waals surface area contributed by atoms with Gasteiger partial charge in [-0.3, -0.25) is 4.79 Å². The first-order valence-electron chi connectivity index (χ1n) is 8.46. The summed E-state index contributed by atoms with van der Waals surface area (Å²) in [6.45, 7) is 14.5. The molecule has 2 nitrogen and oxygen atoms in total. The van der Waals surface area contributed by atoms with Crippen LogP contribution in [0.15, 0.2) is 36.5 Å². The van der Waals surface area contributed by atoms with Crippen LogP contribution < -0.4 is 0 Å². The highest BCUT2D eigenvalue weighted by Gasteiger charge is 2.57. The van der Waals surface area contributed by atoms with Crippen molar-refractivity contribution in [3.63, 3.8) is 0 Å². The zero-order valence-electron chi connectivity index (χ0n) is 14.3. The van der Waals surface area contributed by atoms with Gasteiger partial charge in [0.15, 0.2) is 0 Å². The van der Waals surface area contributed by atoms with Crippen molar-refractivity contribution in [1.29, 1.82) is 0 Å². The average molecular weight is 302 g/mol. The number of hydrogen-bond donors (Lipinski definition) is 1. The second-order valence-electron chi connectivity index (χ2n) is 7.77. The maximum absolute atomic E-state index is 11.9. The van der Waals surface area contributed by atoms with Gasteiger partial charge in [0.1, 0.15) is 0 Å². The molecule has 2 rings (SSSR count). The molecule has 0 aliphatic heterocycles. The lowest BCUT2D eigenvalue weighted by molar-refractivity contribution is -0.164. The Morgan fingerprint density at radius 3 is 2.68 bits per heavy atom. The van der Waals surface area contributed by atoms with Gasteiger partial charge in [-0.15, -0.1) is 0 Å². The minimum Gasteiger partial charge on any atom is -0.481 e. The Labute approximate surface area is 135 Å². The van der Waals surface area contributed by atoms with Gasteiger partial charge in [0.05, 0.1) is 5.41 Å². The molecular formula is C20H30O2. The number of allylic oxidation sites excluding steroid dienone is 4. The van der Waals surface area contributed by atoms with Crippen molar-refractivity contribution in [1.82, 2.24) is 0 Å². The fourth-order valence-corrected chi connectivity index (χ4v) is 5.03. The number of carbonyl (C=O) groups is 1. The molecule has 0 aromatic rings. The molecule has 0 saturated heterocycles. The van der Waals surface area contributed by atoms with E-state index in [-0.39, 0.29) is 11.3 Å². The molecule has 122 valence electrons. The lowest BCUT2D eigenvalue weighted by atomic mass is 9.46. The van der Waals surface area contributed by atoms with Crippen LogP contribution in [-0.4, -0.2) is 11.1 Å². The van der Waals surface area contributed by atoms with E-state index in [1.165, 1.54) is 11.1 Å². The van der Waals surface area contributed by atoms with Crippen LogP contribution in [0.2, 0.25) is 0 Å². The van der Waals surface area contributed by atoms with Crippen LogP contribution in [-0.2, 0) is 4.79 Å². The molecule has 2 aliphatic carbocycles. The third-order valence-corrected chi connectivity index (χ3v) is 6.51. The molecule has 0 radical (unpaired) electrons. The van der Waals surface area contributed by atoms with Crippen molar-refractivity contribution < 1.29 is 9.90 Å². The number of fused-ring (bicyclic) bond motifs is 1. The van der Waals surface area contributed by atoms with Gasteiger partial charge in [-0.25, -0.2) is 0 Å². The number of hydrogen-bond acceptors (Lipinski definition) is 1. The summed E-state index contributed by atoms with van der Waals surface area (Å²) in [6.07, 6.45) is 9.95. The number of carboxylic acids is 1. The molecular weight excluding hydrogens is 272 g/mol. The van der Waals surface area contributed by atoms with E-state index in [2.05, 4.69) is 33.1 Å². The van der Waals surface area contributed by atoms with Gasteiger partial charge < -0.3 is 5.11 Å². The maximum Gasteiger partial charge on any atom is 0.309 e. The summed E-state index contributed by atoms with van der Waals surface area (Å²) in [5.74, 6) is 0.0202. The lowest BCUT2D eigenvalue weighted by Crippen LogP contribution is -2.53. The fraction of sp³-hybridized carbons (Fsp3) is 0.650. The molecule has 22 heavy (non-hydrogen) atoms. The van der Waals surface area contributed by atoms with Crippen molar-refractivity contribution in [2.75, 3.05) is 0 Å². The smallest absolute Gasteiger partial charge is 0.309 e. The standard InChI is InChI=1S/C20H30O2/c1-6-14(2)8-10-16-15(3)9-11-17-19(16,4)12-7-13-20(17,5)18(21)22/h6,8,16-17H,1,3,7,9-13H2,2,4-5H3,(H,21,22)/b14-8+/t16-,17+,19+,20-/m0/s1. The van der Waals surface area contributed by atoms with Crippen LogP contribution in [0, 0.1) is 22.7 Å². The van der Waals surface area contributed by atoms with Gasteiger partial charge in [0.2, 0.25) is 0 Å². The van der Waals surface area contributed by atoms with Crippen molar-refractivity contribution in [3.8, 4) is 0 Å². The van der Waals surface area contributed by atoms with Crippen LogP contribution in [0.4, 0.5) is 0 Å². The van der Waals surface area contributed by atoms with Crippen molar-refractivity contribution in [3.05, 3.63) is 36.5 Å². The van der Waals surface area contributed by atoms with Gasteiger partial charge in [-0.05, 0) is 63.2 Å². The predicted molar refractivity (Wildman–Crippen MR) is 91.6 cm³/mol. The van der Waals surface area contributed by atoms with Crippen molar-refractivity contribution in [2.45, 2.75) is 59.3 Å². The molecule has 2 heteroatoms. The number of aliphatic carboxylic acids is 1. The normalized spacial score (nSPS) is 39.2. The van der Waals surface area contributed by atoms with E-state index < -0.39 is 11.4 Å². The molecule has 0 aromatic heterocycles. The Kier molecular flexibility index (Phi) is 4.70. The highest BCUT2D eigenvalue weighted by molar-refractivity contribution is 5.75. The van der Waals surface area contributed by atoms with Gasteiger partial charge in [0.25, 0.3) is 0 Å². The Balaban J connectivity index is 2.36. The molecule has 1 N–H and O–H groups in total. The Bertz CT molecular complexity index is 516. The fourth-order valence-electron chi connectivity index (χ4n) is 5.03. The highest BCUT2D eigenvalue weighted by atomic mass is 16.4. The Morgan fingerprint density at radius 2 is 2.09 bits per heavy atom. The molecule has 0 aromatic carbocycles. The van der Waals surface area contributed by atoms with E-state index in [1.54, 1.807) is 0 Å². The maximum atomic E-state index is 11.9. The van der Waals surface area contributed by atoms with Crippen LogP contribution in [0.25, 0.3) is 0 Å². The molecule has 0 heterocycles. The van der Waals surface area contributed by atoms with E-state index in [0.717, 1.165) is 38.5 Å². The summed E-state index contributed by atoms with van der Waals surface area (Å²) in [6, 6.07) is 0. The van der Waals surface area contributed by atoms with Crippen molar-refractivity contribution in [2.24, 2.45) is 22.7 Å². The number of rotatable bonds is 4. The SMILES string of the molecule is C=C/C(C)=C/C[C@H]1C(=C)CC[C@@H]2[C@]1(C)CCC[C@]2(C)C(=O)O. The first-order valence-corrected chi connectivity index (χ1v) is 8.46. The lowest BCUT2D eigenvalue weighted by Gasteiger charge is -2.57. The summed E-state index contributed by atoms with van der Waals surface area (Å²) in [7, 11) is 0. The highest BCUT2D eigenvalue weighted by Crippen LogP contribution is 2.61.